The summed E-state index contributed by atoms with van der Waals surface area (Å²) in [4.78, 5) is 28.1. The molecule has 2 amide bonds. The standard InChI is InChI=1S/C24H22N2O3S/c27-23(17-29-19-14-12-18(13-15-19)26-16-6-11-24(26)28)25-21-9-4-5-10-22(21)30-20-7-2-1-3-8-20/h1-5,7-10,12-15H,6,11,16-17H2,(H,25,27). The Morgan fingerprint density at radius 3 is 2.43 bits per heavy atom. The van der Waals surface area contributed by atoms with Gasteiger partial charge in [0, 0.05) is 28.4 Å². The van der Waals surface area contributed by atoms with Gasteiger partial charge in [0.2, 0.25) is 5.91 Å². The van der Waals surface area contributed by atoms with Gasteiger partial charge < -0.3 is 15.0 Å². The second-order valence-electron chi connectivity index (χ2n) is 6.89. The summed E-state index contributed by atoms with van der Waals surface area (Å²) in [5.41, 5.74) is 1.61. The van der Waals surface area contributed by atoms with Crippen molar-refractivity contribution in [3.63, 3.8) is 0 Å². The molecule has 1 N–H and O–H groups in total. The highest BCUT2D eigenvalue weighted by Crippen LogP contribution is 2.33. The van der Waals surface area contributed by atoms with E-state index in [9.17, 15) is 9.59 Å². The zero-order valence-electron chi connectivity index (χ0n) is 16.4. The maximum Gasteiger partial charge on any atom is 0.262 e. The Labute approximate surface area is 180 Å². The van der Waals surface area contributed by atoms with Gasteiger partial charge in [0.05, 0.1) is 5.69 Å². The molecule has 1 fully saturated rings. The molecular formula is C24H22N2O3S. The van der Waals surface area contributed by atoms with E-state index < -0.39 is 0 Å². The molecular weight excluding hydrogens is 396 g/mol. The number of amides is 2. The average molecular weight is 419 g/mol. The van der Waals surface area contributed by atoms with Gasteiger partial charge in [-0.05, 0) is 55.0 Å². The third kappa shape index (κ3) is 5.02. The Hall–Kier alpha value is -3.25. The van der Waals surface area contributed by atoms with E-state index in [0.717, 1.165) is 34.1 Å². The van der Waals surface area contributed by atoms with Gasteiger partial charge in [-0.2, -0.15) is 0 Å². The Balaban J connectivity index is 1.33. The number of benzene rings is 3. The fourth-order valence-corrected chi connectivity index (χ4v) is 4.18. The minimum Gasteiger partial charge on any atom is -0.484 e. The lowest BCUT2D eigenvalue weighted by molar-refractivity contribution is -0.118. The Kier molecular flexibility index (Phi) is 6.35. The quantitative estimate of drug-likeness (QED) is 0.588. The molecule has 0 spiro atoms. The highest BCUT2D eigenvalue weighted by Gasteiger charge is 2.21. The number of rotatable bonds is 7. The molecule has 1 aliphatic heterocycles. The summed E-state index contributed by atoms with van der Waals surface area (Å²) < 4.78 is 5.62. The van der Waals surface area contributed by atoms with Crippen LogP contribution in [0.1, 0.15) is 12.8 Å². The van der Waals surface area contributed by atoms with E-state index in [1.165, 1.54) is 0 Å². The van der Waals surface area contributed by atoms with E-state index >= 15 is 0 Å². The Morgan fingerprint density at radius 2 is 1.70 bits per heavy atom. The SMILES string of the molecule is O=C(COc1ccc(N2CCCC2=O)cc1)Nc1ccccc1Sc1ccccc1. The van der Waals surface area contributed by atoms with Crippen LogP contribution in [0.5, 0.6) is 5.75 Å². The van der Waals surface area contributed by atoms with Gasteiger partial charge in [0.25, 0.3) is 5.91 Å². The van der Waals surface area contributed by atoms with Crippen molar-refractivity contribution >= 4 is 35.0 Å². The number of carbonyl (C=O) groups excluding carboxylic acids is 2. The molecule has 0 aromatic heterocycles. The van der Waals surface area contributed by atoms with Crippen molar-refractivity contribution in [2.24, 2.45) is 0 Å². The first-order valence-corrected chi connectivity index (χ1v) is 10.7. The first kappa shape index (κ1) is 20.0. The first-order chi connectivity index (χ1) is 14.7. The van der Waals surface area contributed by atoms with Gasteiger partial charge in [-0.1, -0.05) is 42.1 Å². The van der Waals surface area contributed by atoms with Crippen LogP contribution in [-0.2, 0) is 9.59 Å². The van der Waals surface area contributed by atoms with Crippen LogP contribution in [0.15, 0.2) is 88.7 Å². The predicted molar refractivity (Wildman–Crippen MR) is 119 cm³/mol. The highest BCUT2D eigenvalue weighted by atomic mass is 32.2. The maximum absolute atomic E-state index is 12.4. The van der Waals surface area contributed by atoms with Crippen LogP contribution in [-0.4, -0.2) is 25.0 Å². The van der Waals surface area contributed by atoms with Crippen molar-refractivity contribution in [3.05, 3.63) is 78.9 Å². The monoisotopic (exact) mass is 418 g/mol. The fraction of sp³-hybridized carbons (Fsp3) is 0.167. The molecule has 0 unspecified atom stereocenters. The number of nitrogens with one attached hydrogen (secondary N) is 1. The van der Waals surface area contributed by atoms with Crippen LogP contribution in [0, 0.1) is 0 Å². The second-order valence-corrected chi connectivity index (χ2v) is 8.01. The lowest BCUT2D eigenvalue weighted by Gasteiger charge is -2.16. The molecule has 0 radical (unpaired) electrons. The molecule has 5 nitrogen and oxygen atoms in total. The van der Waals surface area contributed by atoms with Crippen LogP contribution >= 0.6 is 11.8 Å². The minimum absolute atomic E-state index is 0.0909. The first-order valence-electron chi connectivity index (χ1n) is 9.84. The van der Waals surface area contributed by atoms with E-state index in [-0.39, 0.29) is 18.4 Å². The third-order valence-electron chi connectivity index (χ3n) is 4.72. The molecule has 1 heterocycles. The normalized spacial score (nSPS) is 13.3. The molecule has 1 aliphatic rings. The van der Waals surface area contributed by atoms with Gasteiger partial charge in [0.1, 0.15) is 5.75 Å². The van der Waals surface area contributed by atoms with Crippen molar-refractivity contribution < 1.29 is 14.3 Å². The summed E-state index contributed by atoms with van der Waals surface area (Å²) in [6.45, 7) is 0.661. The lowest BCUT2D eigenvalue weighted by atomic mass is 10.3. The number of nitrogens with zero attached hydrogens (tertiary/aromatic N) is 1. The summed E-state index contributed by atoms with van der Waals surface area (Å²) in [5.74, 6) is 0.512. The van der Waals surface area contributed by atoms with E-state index in [2.05, 4.69) is 5.32 Å². The van der Waals surface area contributed by atoms with Crippen LogP contribution in [0.3, 0.4) is 0 Å². The Bertz CT molecular complexity index is 1020. The van der Waals surface area contributed by atoms with Crippen LogP contribution in [0.25, 0.3) is 0 Å². The number of hydrogen-bond acceptors (Lipinski definition) is 4. The van der Waals surface area contributed by atoms with E-state index in [0.29, 0.717) is 12.2 Å². The summed E-state index contributed by atoms with van der Waals surface area (Å²) in [6, 6.07) is 25.0. The number of hydrogen-bond donors (Lipinski definition) is 1. The van der Waals surface area contributed by atoms with Gasteiger partial charge in [-0.25, -0.2) is 0 Å². The van der Waals surface area contributed by atoms with Crippen molar-refractivity contribution in [1.82, 2.24) is 0 Å². The van der Waals surface area contributed by atoms with Crippen molar-refractivity contribution in [2.75, 3.05) is 23.4 Å². The van der Waals surface area contributed by atoms with Crippen LogP contribution < -0.4 is 15.0 Å². The Morgan fingerprint density at radius 1 is 0.967 bits per heavy atom. The van der Waals surface area contributed by atoms with Gasteiger partial charge in [0.15, 0.2) is 6.61 Å². The average Bonchev–Trinajstić information content (AvgIpc) is 3.21. The topological polar surface area (TPSA) is 58.6 Å². The fourth-order valence-electron chi connectivity index (χ4n) is 3.25. The molecule has 30 heavy (non-hydrogen) atoms. The number of para-hydroxylation sites is 1. The molecule has 152 valence electrons. The summed E-state index contributed by atoms with van der Waals surface area (Å²) >= 11 is 1.60. The number of ether oxygens (including phenoxy) is 1. The van der Waals surface area contributed by atoms with Gasteiger partial charge in [-0.3, -0.25) is 9.59 Å². The molecule has 0 aliphatic carbocycles. The zero-order valence-corrected chi connectivity index (χ0v) is 17.2. The molecule has 0 saturated carbocycles. The predicted octanol–water partition coefficient (Wildman–Crippen LogP) is 4.98. The summed E-state index contributed by atoms with van der Waals surface area (Å²) in [6.07, 6.45) is 1.49. The minimum atomic E-state index is -0.227. The smallest absolute Gasteiger partial charge is 0.262 e. The molecule has 3 aromatic carbocycles. The van der Waals surface area contributed by atoms with Crippen molar-refractivity contribution in [3.8, 4) is 5.75 Å². The molecule has 0 bridgehead atoms. The summed E-state index contributed by atoms with van der Waals surface area (Å²) in [5, 5.41) is 2.93. The van der Waals surface area contributed by atoms with E-state index in [1.54, 1.807) is 28.8 Å². The number of carbonyl (C=O) groups is 2. The molecule has 0 atom stereocenters. The lowest BCUT2D eigenvalue weighted by Crippen LogP contribution is -2.23. The van der Waals surface area contributed by atoms with Crippen molar-refractivity contribution in [1.29, 1.82) is 0 Å². The van der Waals surface area contributed by atoms with Gasteiger partial charge >= 0.3 is 0 Å². The van der Waals surface area contributed by atoms with E-state index in [1.807, 2.05) is 66.7 Å². The van der Waals surface area contributed by atoms with Crippen LogP contribution in [0.4, 0.5) is 11.4 Å². The number of anilines is 2. The molecule has 1 saturated heterocycles. The maximum atomic E-state index is 12.4. The summed E-state index contributed by atoms with van der Waals surface area (Å²) in [7, 11) is 0. The third-order valence-corrected chi connectivity index (χ3v) is 5.81. The van der Waals surface area contributed by atoms with E-state index in [4.69, 9.17) is 4.74 Å². The van der Waals surface area contributed by atoms with Gasteiger partial charge in [-0.15, -0.1) is 0 Å². The largest absolute Gasteiger partial charge is 0.484 e. The zero-order chi connectivity index (χ0) is 20.8. The van der Waals surface area contributed by atoms with Crippen LogP contribution in [0.2, 0.25) is 0 Å². The molecule has 6 heteroatoms. The molecule has 4 rings (SSSR count). The highest BCUT2D eigenvalue weighted by molar-refractivity contribution is 7.99. The second kappa shape index (κ2) is 9.50. The van der Waals surface area contributed by atoms with Crippen molar-refractivity contribution in [2.45, 2.75) is 22.6 Å². The molecule has 3 aromatic rings.